The molecule has 5 nitrogen and oxygen atoms in total. The lowest BCUT2D eigenvalue weighted by atomic mass is 9.83. The molecule has 184 valence electrons. The molecule has 0 aromatic heterocycles. The maximum absolute atomic E-state index is 12.4. The lowest BCUT2D eigenvalue weighted by molar-refractivity contribution is 0.0596. The van der Waals surface area contributed by atoms with Crippen molar-refractivity contribution in [3.63, 3.8) is 0 Å². The van der Waals surface area contributed by atoms with Gasteiger partial charge in [0.25, 0.3) is 0 Å². The van der Waals surface area contributed by atoms with E-state index in [-0.39, 0.29) is 12.0 Å². The Bertz CT molecular complexity index is 1360. The van der Waals surface area contributed by atoms with E-state index in [1.165, 1.54) is 23.4 Å². The van der Waals surface area contributed by atoms with Crippen LogP contribution >= 0.6 is 0 Å². The molecule has 0 aliphatic carbocycles. The Hall–Kier alpha value is -3.83. The van der Waals surface area contributed by atoms with E-state index in [9.17, 15) is 4.79 Å². The Morgan fingerprint density at radius 1 is 0.917 bits per heavy atom. The van der Waals surface area contributed by atoms with E-state index in [0.29, 0.717) is 11.3 Å². The molecule has 0 fully saturated rings. The van der Waals surface area contributed by atoms with E-state index in [4.69, 9.17) is 14.2 Å². The third-order valence-electron chi connectivity index (χ3n) is 6.94. The van der Waals surface area contributed by atoms with Gasteiger partial charge in [-0.05, 0) is 47.9 Å². The molecule has 1 aliphatic rings. The number of rotatable bonds is 8. The molecule has 0 bridgehead atoms. The van der Waals surface area contributed by atoms with Gasteiger partial charge in [0.1, 0.15) is 23.2 Å². The predicted octanol–water partition coefficient (Wildman–Crippen LogP) is 5.75. The first kappa shape index (κ1) is 23.9. The zero-order valence-electron chi connectivity index (χ0n) is 20.7. The van der Waals surface area contributed by atoms with E-state index < -0.39 is 5.97 Å². The highest BCUT2D eigenvalue weighted by molar-refractivity contribution is 5.93. The summed E-state index contributed by atoms with van der Waals surface area (Å²) in [5, 5.41) is 6.19. The third-order valence-corrected chi connectivity index (χ3v) is 6.94. The largest absolute Gasteiger partial charge is 0.496 e. The summed E-state index contributed by atoms with van der Waals surface area (Å²) in [5.74, 6) is 1.08. The zero-order chi connectivity index (χ0) is 24.9. The van der Waals surface area contributed by atoms with Gasteiger partial charge in [-0.15, -0.1) is 0 Å². The molecular formula is C31H31NO4. The van der Waals surface area contributed by atoms with Gasteiger partial charge >= 0.3 is 5.97 Å². The van der Waals surface area contributed by atoms with E-state index in [1.807, 2.05) is 30.3 Å². The molecule has 0 saturated carbocycles. The van der Waals surface area contributed by atoms with Crippen molar-refractivity contribution in [2.24, 2.45) is 0 Å². The molecule has 0 spiro atoms. The van der Waals surface area contributed by atoms with Crippen molar-refractivity contribution >= 4 is 16.7 Å². The highest BCUT2D eigenvalue weighted by atomic mass is 16.5. The smallest absolute Gasteiger partial charge is 0.341 e. The quantitative estimate of drug-likeness (QED) is 0.257. The Balaban J connectivity index is 1.33. The molecule has 4 aromatic rings. The average Bonchev–Trinajstić information content (AvgIpc) is 2.94. The topological polar surface area (TPSA) is 56.8 Å². The van der Waals surface area contributed by atoms with Gasteiger partial charge < -0.3 is 19.5 Å². The summed E-state index contributed by atoms with van der Waals surface area (Å²) in [6, 6.07) is 28.8. The summed E-state index contributed by atoms with van der Waals surface area (Å²) in [7, 11) is 2.99. The van der Waals surface area contributed by atoms with Gasteiger partial charge in [0.15, 0.2) is 0 Å². The number of nitrogens with one attached hydrogen (secondary N) is 1. The van der Waals surface area contributed by atoms with Crippen LogP contribution in [0.25, 0.3) is 10.8 Å². The van der Waals surface area contributed by atoms with Crippen LogP contribution in [0, 0.1) is 0 Å². The first-order chi connectivity index (χ1) is 17.7. The van der Waals surface area contributed by atoms with Crippen LogP contribution in [0.4, 0.5) is 0 Å². The normalized spacial score (nSPS) is 16.7. The van der Waals surface area contributed by atoms with Gasteiger partial charge in [0.05, 0.1) is 14.2 Å². The molecular weight excluding hydrogens is 450 g/mol. The number of hydrogen-bond acceptors (Lipinski definition) is 5. The van der Waals surface area contributed by atoms with Crippen molar-refractivity contribution in [3.05, 3.63) is 107 Å². The van der Waals surface area contributed by atoms with Crippen LogP contribution < -0.4 is 14.8 Å². The third kappa shape index (κ3) is 4.79. The highest BCUT2D eigenvalue weighted by Crippen LogP contribution is 2.44. The van der Waals surface area contributed by atoms with E-state index in [0.717, 1.165) is 42.8 Å². The van der Waals surface area contributed by atoms with E-state index in [1.54, 1.807) is 13.2 Å². The number of methoxy groups -OCH3 is 2. The highest BCUT2D eigenvalue weighted by Gasteiger charge is 2.32. The van der Waals surface area contributed by atoms with Gasteiger partial charge in [-0.25, -0.2) is 4.79 Å². The summed E-state index contributed by atoms with van der Waals surface area (Å²) in [6.45, 7) is 1.59. The minimum atomic E-state index is -0.402. The Labute approximate surface area is 212 Å². The Morgan fingerprint density at radius 3 is 2.53 bits per heavy atom. The molecule has 2 unspecified atom stereocenters. The summed E-state index contributed by atoms with van der Waals surface area (Å²) in [5.41, 5.74) is 3.85. The van der Waals surface area contributed by atoms with Gasteiger partial charge in [-0.2, -0.15) is 0 Å². The van der Waals surface area contributed by atoms with E-state index >= 15 is 0 Å². The second kappa shape index (κ2) is 10.8. The molecule has 2 atom stereocenters. The van der Waals surface area contributed by atoms with Crippen LogP contribution in [0.1, 0.15) is 39.4 Å². The van der Waals surface area contributed by atoms with Crippen LogP contribution in [0.15, 0.2) is 84.9 Å². The fourth-order valence-corrected chi connectivity index (χ4v) is 5.24. The van der Waals surface area contributed by atoms with E-state index in [2.05, 4.69) is 53.8 Å². The van der Waals surface area contributed by atoms with Gasteiger partial charge in [0.2, 0.25) is 0 Å². The molecule has 5 heteroatoms. The minimum absolute atomic E-state index is 0.0103. The van der Waals surface area contributed by atoms with Crippen molar-refractivity contribution < 1.29 is 19.0 Å². The SMILES string of the molecule is COC(=O)c1cccc(C2CC(CNCCc3cccc4ccccc34)Oc3ccccc32)c1OC. The number of fused-ring (bicyclic) bond motifs is 2. The number of esters is 1. The number of para-hydroxylation sites is 2. The second-order valence-electron chi connectivity index (χ2n) is 9.08. The molecule has 0 amide bonds. The summed E-state index contributed by atoms with van der Waals surface area (Å²) in [4.78, 5) is 12.4. The maximum atomic E-state index is 12.4. The lowest BCUT2D eigenvalue weighted by Gasteiger charge is -2.33. The van der Waals surface area contributed by atoms with Crippen molar-refractivity contribution in [3.8, 4) is 11.5 Å². The van der Waals surface area contributed by atoms with Crippen molar-refractivity contribution in [1.29, 1.82) is 0 Å². The van der Waals surface area contributed by atoms with Crippen molar-refractivity contribution in [2.45, 2.75) is 24.9 Å². The Morgan fingerprint density at radius 2 is 1.67 bits per heavy atom. The summed E-state index contributed by atoms with van der Waals surface area (Å²) >= 11 is 0. The molecule has 5 rings (SSSR count). The summed E-state index contributed by atoms with van der Waals surface area (Å²) < 4.78 is 17.1. The number of benzene rings is 4. The predicted molar refractivity (Wildman–Crippen MR) is 142 cm³/mol. The van der Waals surface area contributed by atoms with Crippen LogP contribution in [0.2, 0.25) is 0 Å². The molecule has 1 aliphatic heterocycles. The van der Waals surface area contributed by atoms with Crippen LogP contribution in [0.3, 0.4) is 0 Å². The molecule has 0 saturated heterocycles. The van der Waals surface area contributed by atoms with Crippen LogP contribution in [-0.4, -0.2) is 39.4 Å². The number of ether oxygens (including phenoxy) is 3. The monoisotopic (exact) mass is 481 g/mol. The van der Waals surface area contributed by atoms with Crippen LogP contribution in [-0.2, 0) is 11.2 Å². The first-order valence-electron chi connectivity index (χ1n) is 12.4. The lowest BCUT2D eigenvalue weighted by Crippen LogP contribution is -2.36. The number of hydrogen-bond donors (Lipinski definition) is 1. The van der Waals surface area contributed by atoms with Gasteiger partial charge in [-0.3, -0.25) is 0 Å². The zero-order valence-corrected chi connectivity index (χ0v) is 20.7. The van der Waals surface area contributed by atoms with Crippen LogP contribution in [0.5, 0.6) is 11.5 Å². The Kier molecular flexibility index (Phi) is 7.19. The number of carbonyl (C=O) groups excluding carboxylic acids is 1. The molecule has 36 heavy (non-hydrogen) atoms. The maximum Gasteiger partial charge on any atom is 0.341 e. The van der Waals surface area contributed by atoms with Gasteiger partial charge in [-0.1, -0.05) is 72.8 Å². The number of carbonyl (C=O) groups is 1. The van der Waals surface area contributed by atoms with Crippen molar-refractivity contribution in [1.82, 2.24) is 5.32 Å². The molecule has 4 aromatic carbocycles. The minimum Gasteiger partial charge on any atom is -0.496 e. The summed E-state index contributed by atoms with van der Waals surface area (Å²) in [6.07, 6.45) is 1.71. The molecule has 1 N–H and O–H groups in total. The molecule has 1 heterocycles. The average molecular weight is 482 g/mol. The second-order valence-corrected chi connectivity index (χ2v) is 9.08. The first-order valence-corrected chi connectivity index (χ1v) is 12.4. The standard InChI is InChI=1S/C31H31NO4/c1-34-30-26(14-8-15-27(30)31(33)35-2)28-19-23(36-29-16-6-5-13-25(28)29)20-32-18-17-22-11-7-10-21-9-3-4-12-24(21)22/h3-16,23,28,32H,17-20H2,1-2H3. The molecule has 0 radical (unpaired) electrons. The van der Waals surface area contributed by atoms with Gasteiger partial charge in [0, 0.05) is 23.6 Å². The van der Waals surface area contributed by atoms with Crippen molar-refractivity contribution in [2.75, 3.05) is 27.3 Å². The fourth-order valence-electron chi connectivity index (χ4n) is 5.24. The fraction of sp³-hybridized carbons (Fsp3) is 0.258.